The zero-order valence-electron chi connectivity index (χ0n) is 10.9. The Bertz CT molecular complexity index is 476. The number of carbonyl (C=O) groups is 1. The fourth-order valence-corrected chi connectivity index (χ4v) is 1.37. The minimum Gasteiger partial charge on any atom is -0.485 e. The molecule has 0 N–H and O–H groups in total. The first-order valence-corrected chi connectivity index (χ1v) is 5.88. The van der Waals surface area contributed by atoms with Crippen molar-refractivity contribution in [1.29, 1.82) is 0 Å². The molecule has 1 aromatic rings. The molecule has 0 aliphatic rings. The summed E-state index contributed by atoms with van der Waals surface area (Å²) in [4.78, 5) is 11.7. The summed E-state index contributed by atoms with van der Waals surface area (Å²) in [5.74, 6) is -0.472. The van der Waals surface area contributed by atoms with E-state index in [1.54, 1.807) is 6.92 Å². The largest absolute Gasteiger partial charge is 0.485 e. The second-order valence-corrected chi connectivity index (χ2v) is 3.98. The van der Waals surface area contributed by atoms with Gasteiger partial charge in [0.2, 0.25) is 5.78 Å². The van der Waals surface area contributed by atoms with Crippen LogP contribution in [0.2, 0.25) is 0 Å². The van der Waals surface area contributed by atoms with Gasteiger partial charge < -0.3 is 4.74 Å². The molecule has 0 aliphatic heterocycles. The fraction of sp³-hybridized carbons (Fsp3) is 0.267. The molecule has 1 aromatic carbocycles. The summed E-state index contributed by atoms with van der Waals surface area (Å²) in [5, 5.41) is 0. The first-order chi connectivity index (χ1) is 9.04. The van der Waals surface area contributed by atoms with E-state index in [-0.39, 0.29) is 17.9 Å². The summed E-state index contributed by atoms with van der Waals surface area (Å²) in [6.45, 7) is 3.07. The van der Waals surface area contributed by atoms with Crippen LogP contribution in [-0.4, -0.2) is 12.2 Å². The summed E-state index contributed by atoms with van der Waals surface area (Å²) in [6.07, 6.45) is -0.248. The Kier molecular flexibility index (Phi) is 5.93. The van der Waals surface area contributed by atoms with Crippen molar-refractivity contribution < 1.29 is 18.3 Å². The van der Waals surface area contributed by atoms with Crippen LogP contribution < -0.4 is 0 Å². The van der Waals surface area contributed by atoms with E-state index < -0.39 is 12.2 Å². The molecule has 0 aliphatic carbocycles. The number of ketones is 1. The van der Waals surface area contributed by atoms with Crippen LogP contribution in [0.1, 0.15) is 19.4 Å². The molecular weight excluding hydrogens is 250 g/mol. The van der Waals surface area contributed by atoms with Crippen molar-refractivity contribution in [3.63, 3.8) is 0 Å². The molecule has 0 saturated heterocycles. The van der Waals surface area contributed by atoms with Gasteiger partial charge in [0.1, 0.15) is 6.61 Å². The molecule has 0 unspecified atom stereocenters. The van der Waals surface area contributed by atoms with E-state index in [0.29, 0.717) is 0 Å². The number of halogens is 2. The molecule has 0 spiro atoms. The monoisotopic (exact) mass is 266 g/mol. The fourth-order valence-electron chi connectivity index (χ4n) is 1.37. The molecule has 1 rings (SSSR count). The summed E-state index contributed by atoms with van der Waals surface area (Å²) in [5.41, 5.74) is 0.636. The molecule has 0 heterocycles. The van der Waals surface area contributed by atoms with Gasteiger partial charge in [0, 0.05) is 0 Å². The Morgan fingerprint density at radius 2 is 1.95 bits per heavy atom. The van der Waals surface area contributed by atoms with E-state index in [1.165, 1.54) is 13.0 Å². The number of allylic oxidation sites excluding steroid dienone is 3. The second kappa shape index (κ2) is 7.46. The SMILES string of the molecule is C/C=C(/OCc1ccccc1)C(=O)/C=C(\C)C(F)F. The van der Waals surface area contributed by atoms with E-state index >= 15 is 0 Å². The van der Waals surface area contributed by atoms with Crippen LogP contribution >= 0.6 is 0 Å². The minimum absolute atomic E-state index is 0.0730. The minimum atomic E-state index is -2.63. The Hall–Kier alpha value is -1.97. The van der Waals surface area contributed by atoms with Crippen LogP contribution in [0.25, 0.3) is 0 Å². The lowest BCUT2D eigenvalue weighted by atomic mass is 10.2. The summed E-state index contributed by atoms with van der Waals surface area (Å²) in [6, 6.07) is 9.31. The van der Waals surface area contributed by atoms with Gasteiger partial charge in [-0.25, -0.2) is 8.78 Å². The van der Waals surface area contributed by atoms with Gasteiger partial charge in [-0.2, -0.15) is 0 Å². The Labute approximate surface area is 111 Å². The third-order valence-electron chi connectivity index (χ3n) is 2.45. The zero-order chi connectivity index (χ0) is 14.3. The lowest BCUT2D eigenvalue weighted by Gasteiger charge is -2.08. The summed E-state index contributed by atoms with van der Waals surface area (Å²) in [7, 11) is 0. The lowest BCUT2D eigenvalue weighted by molar-refractivity contribution is -0.114. The van der Waals surface area contributed by atoms with Crippen molar-refractivity contribution in [3.8, 4) is 0 Å². The smallest absolute Gasteiger partial charge is 0.260 e. The van der Waals surface area contributed by atoms with Gasteiger partial charge in [0.25, 0.3) is 6.43 Å². The normalized spacial score (nSPS) is 12.7. The molecule has 0 radical (unpaired) electrons. The molecule has 0 amide bonds. The number of rotatable bonds is 6. The number of ether oxygens (including phenoxy) is 1. The van der Waals surface area contributed by atoms with Gasteiger partial charge in [-0.3, -0.25) is 4.79 Å². The first kappa shape index (κ1) is 15.1. The summed E-state index contributed by atoms with van der Waals surface area (Å²) >= 11 is 0. The highest BCUT2D eigenvalue weighted by atomic mass is 19.3. The number of hydrogen-bond acceptors (Lipinski definition) is 2. The number of hydrogen-bond donors (Lipinski definition) is 0. The molecule has 19 heavy (non-hydrogen) atoms. The van der Waals surface area contributed by atoms with Crippen molar-refractivity contribution in [2.45, 2.75) is 26.9 Å². The van der Waals surface area contributed by atoms with Crippen LogP contribution in [0.5, 0.6) is 0 Å². The quantitative estimate of drug-likeness (QED) is 0.577. The maximum atomic E-state index is 12.3. The van der Waals surface area contributed by atoms with Crippen molar-refractivity contribution in [2.24, 2.45) is 0 Å². The lowest BCUT2D eigenvalue weighted by Crippen LogP contribution is -2.06. The Balaban J connectivity index is 2.65. The Morgan fingerprint density at radius 1 is 1.32 bits per heavy atom. The van der Waals surface area contributed by atoms with Crippen LogP contribution in [-0.2, 0) is 16.1 Å². The number of carbonyl (C=O) groups excluding carboxylic acids is 1. The maximum absolute atomic E-state index is 12.3. The molecule has 4 heteroatoms. The molecular formula is C15H16F2O2. The molecule has 0 saturated carbocycles. The van der Waals surface area contributed by atoms with Gasteiger partial charge in [-0.05, 0) is 37.1 Å². The highest BCUT2D eigenvalue weighted by molar-refractivity contribution is 6.02. The molecule has 102 valence electrons. The predicted octanol–water partition coefficient (Wildman–Crippen LogP) is 3.89. The van der Waals surface area contributed by atoms with E-state index in [1.807, 2.05) is 30.3 Å². The third kappa shape index (κ3) is 5.04. The van der Waals surface area contributed by atoms with Crippen molar-refractivity contribution >= 4 is 5.78 Å². The van der Waals surface area contributed by atoms with Crippen molar-refractivity contribution in [2.75, 3.05) is 0 Å². The van der Waals surface area contributed by atoms with E-state index in [2.05, 4.69) is 0 Å². The molecule has 0 bridgehead atoms. The number of alkyl halides is 2. The van der Waals surface area contributed by atoms with E-state index in [4.69, 9.17) is 4.74 Å². The molecule has 0 aromatic heterocycles. The third-order valence-corrected chi connectivity index (χ3v) is 2.45. The van der Waals surface area contributed by atoms with Gasteiger partial charge in [0.15, 0.2) is 5.76 Å². The van der Waals surface area contributed by atoms with Gasteiger partial charge in [-0.15, -0.1) is 0 Å². The van der Waals surface area contributed by atoms with Gasteiger partial charge >= 0.3 is 0 Å². The van der Waals surface area contributed by atoms with Crippen LogP contribution in [0.15, 0.2) is 53.8 Å². The van der Waals surface area contributed by atoms with Crippen LogP contribution in [0.4, 0.5) is 8.78 Å². The van der Waals surface area contributed by atoms with Gasteiger partial charge in [0.05, 0.1) is 0 Å². The van der Waals surface area contributed by atoms with Gasteiger partial charge in [-0.1, -0.05) is 30.3 Å². The van der Waals surface area contributed by atoms with Crippen LogP contribution in [0.3, 0.4) is 0 Å². The highest BCUT2D eigenvalue weighted by Gasteiger charge is 2.12. The van der Waals surface area contributed by atoms with Crippen molar-refractivity contribution in [3.05, 3.63) is 59.4 Å². The topological polar surface area (TPSA) is 26.3 Å². The standard InChI is InChI=1S/C15H16F2O2/c1-3-14(13(18)9-11(2)15(16)17)19-10-12-7-5-4-6-8-12/h3-9,15H,10H2,1-2H3/b11-9+,14-3+. The van der Waals surface area contributed by atoms with Crippen LogP contribution in [0, 0.1) is 0 Å². The molecule has 0 atom stereocenters. The van der Waals surface area contributed by atoms with Crippen molar-refractivity contribution in [1.82, 2.24) is 0 Å². The second-order valence-electron chi connectivity index (χ2n) is 3.98. The summed E-state index contributed by atoms with van der Waals surface area (Å²) < 4.78 is 30.0. The van der Waals surface area contributed by atoms with E-state index in [9.17, 15) is 13.6 Å². The highest BCUT2D eigenvalue weighted by Crippen LogP contribution is 2.12. The average Bonchev–Trinajstić information content (AvgIpc) is 2.40. The first-order valence-electron chi connectivity index (χ1n) is 5.88. The zero-order valence-corrected chi connectivity index (χ0v) is 10.9. The van der Waals surface area contributed by atoms with E-state index in [0.717, 1.165) is 11.6 Å². The molecule has 0 fully saturated rings. The maximum Gasteiger partial charge on any atom is 0.260 e. The number of benzene rings is 1. The molecule has 2 nitrogen and oxygen atoms in total. The average molecular weight is 266 g/mol. The predicted molar refractivity (Wildman–Crippen MR) is 69.8 cm³/mol. The Morgan fingerprint density at radius 3 is 2.47 bits per heavy atom.